The molecule has 0 bridgehead atoms. The van der Waals surface area contributed by atoms with Crippen LogP contribution in [-0.4, -0.2) is 43.8 Å². The fraction of sp³-hybridized carbons (Fsp3) is 0.588. The van der Waals surface area contributed by atoms with Crippen molar-refractivity contribution >= 4 is 34.0 Å². The molecule has 2 atom stereocenters. The van der Waals surface area contributed by atoms with Crippen LogP contribution in [0.2, 0.25) is 0 Å². The third-order valence-electron chi connectivity index (χ3n) is 5.06. The predicted octanol–water partition coefficient (Wildman–Crippen LogP) is 1.91. The van der Waals surface area contributed by atoms with E-state index in [-0.39, 0.29) is 30.4 Å². The normalized spacial score (nSPS) is 23.9. The molecule has 0 radical (unpaired) electrons. The van der Waals surface area contributed by atoms with E-state index in [4.69, 9.17) is 5.73 Å². The Morgan fingerprint density at radius 2 is 2.04 bits per heavy atom. The van der Waals surface area contributed by atoms with Gasteiger partial charge in [-0.1, -0.05) is 6.42 Å². The Kier molecular flexibility index (Phi) is 6.14. The van der Waals surface area contributed by atoms with Crippen LogP contribution in [0.15, 0.2) is 23.1 Å². The maximum absolute atomic E-state index is 13.0. The van der Waals surface area contributed by atoms with Crippen molar-refractivity contribution in [3.63, 3.8) is 0 Å². The van der Waals surface area contributed by atoms with Crippen LogP contribution >= 0.6 is 12.4 Å². The molecule has 8 heteroatoms. The molecule has 25 heavy (non-hydrogen) atoms. The SMILES string of the molecule is CC(=O)N1c2ccc(S(=O)(=O)N3CCCCC3CN)cc2CC1C.Cl. The molecule has 2 aliphatic heterocycles. The number of amides is 1. The van der Waals surface area contributed by atoms with Gasteiger partial charge in [0.25, 0.3) is 0 Å². The van der Waals surface area contributed by atoms with Gasteiger partial charge in [0.2, 0.25) is 15.9 Å². The first-order valence-electron chi connectivity index (χ1n) is 8.51. The van der Waals surface area contributed by atoms with Crippen molar-refractivity contribution in [3.8, 4) is 0 Å². The number of rotatable bonds is 3. The van der Waals surface area contributed by atoms with Crippen LogP contribution in [0.5, 0.6) is 0 Å². The fourth-order valence-electron chi connectivity index (χ4n) is 3.91. The van der Waals surface area contributed by atoms with Crippen LogP contribution in [-0.2, 0) is 21.2 Å². The number of fused-ring (bicyclic) bond motifs is 1. The second-order valence-corrected chi connectivity index (χ2v) is 8.62. The molecule has 1 fully saturated rings. The number of carbonyl (C=O) groups is 1. The maximum Gasteiger partial charge on any atom is 0.243 e. The Morgan fingerprint density at radius 1 is 1.32 bits per heavy atom. The highest BCUT2D eigenvalue weighted by Crippen LogP contribution is 2.35. The molecule has 2 heterocycles. The second kappa shape index (κ2) is 7.61. The summed E-state index contributed by atoms with van der Waals surface area (Å²) in [6.45, 7) is 4.39. The van der Waals surface area contributed by atoms with Gasteiger partial charge in [-0.2, -0.15) is 4.31 Å². The molecule has 1 saturated heterocycles. The van der Waals surface area contributed by atoms with Crippen LogP contribution in [0.4, 0.5) is 5.69 Å². The molecule has 0 aliphatic carbocycles. The van der Waals surface area contributed by atoms with E-state index < -0.39 is 10.0 Å². The molecule has 3 rings (SSSR count). The Labute approximate surface area is 155 Å². The summed E-state index contributed by atoms with van der Waals surface area (Å²) in [6.07, 6.45) is 3.38. The number of nitrogens with zero attached hydrogens (tertiary/aromatic N) is 2. The van der Waals surface area contributed by atoms with Gasteiger partial charge in [-0.25, -0.2) is 8.42 Å². The standard InChI is InChI=1S/C17H25N3O3S.ClH/c1-12-9-14-10-16(6-7-17(14)20(12)13(2)21)24(22,23)19-8-4-3-5-15(19)11-18;/h6-7,10,12,15H,3-5,8-9,11,18H2,1-2H3;1H. The van der Waals surface area contributed by atoms with Gasteiger partial charge in [-0.15, -0.1) is 12.4 Å². The number of carbonyl (C=O) groups excluding carboxylic acids is 1. The van der Waals surface area contributed by atoms with Crippen molar-refractivity contribution in [2.24, 2.45) is 5.73 Å². The first-order chi connectivity index (χ1) is 11.4. The van der Waals surface area contributed by atoms with E-state index in [9.17, 15) is 13.2 Å². The molecular formula is C17H26ClN3O3S. The quantitative estimate of drug-likeness (QED) is 0.858. The lowest BCUT2D eigenvalue weighted by molar-refractivity contribution is -0.116. The van der Waals surface area contributed by atoms with E-state index in [1.807, 2.05) is 6.92 Å². The molecule has 6 nitrogen and oxygen atoms in total. The molecule has 1 aromatic carbocycles. The summed E-state index contributed by atoms with van der Waals surface area (Å²) in [7, 11) is -3.55. The summed E-state index contributed by atoms with van der Waals surface area (Å²) < 4.78 is 27.6. The summed E-state index contributed by atoms with van der Waals surface area (Å²) in [5, 5.41) is 0. The Hall–Kier alpha value is -1.15. The van der Waals surface area contributed by atoms with Crippen molar-refractivity contribution in [2.75, 3.05) is 18.0 Å². The third kappa shape index (κ3) is 3.56. The highest BCUT2D eigenvalue weighted by molar-refractivity contribution is 7.89. The van der Waals surface area contributed by atoms with Gasteiger partial charge in [-0.3, -0.25) is 4.79 Å². The minimum absolute atomic E-state index is 0. The van der Waals surface area contributed by atoms with Crippen molar-refractivity contribution < 1.29 is 13.2 Å². The molecule has 0 aromatic heterocycles. The number of hydrogen-bond acceptors (Lipinski definition) is 4. The molecule has 2 unspecified atom stereocenters. The lowest BCUT2D eigenvalue weighted by atomic mass is 10.1. The molecule has 1 amide bonds. The van der Waals surface area contributed by atoms with E-state index in [0.717, 1.165) is 30.5 Å². The van der Waals surface area contributed by atoms with Crippen molar-refractivity contribution in [1.29, 1.82) is 0 Å². The zero-order valence-electron chi connectivity index (χ0n) is 14.6. The molecule has 1 aromatic rings. The van der Waals surface area contributed by atoms with Crippen LogP contribution in [0.1, 0.15) is 38.7 Å². The second-order valence-electron chi connectivity index (χ2n) is 6.73. The van der Waals surface area contributed by atoms with E-state index >= 15 is 0 Å². The number of nitrogens with two attached hydrogens (primary N) is 1. The molecule has 2 N–H and O–H groups in total. The summed E-state index contributed by atoms with van der Waals surface area (Å²) in [4.78, 5) is 13.9. The highest BCUT2D eigenvalue weighted by Gasteiger charge is 2.35. The average molecular weight is 388 g/mol. The van der Waals surface area contributed by atoms with Crippen LogP contribution in [0.3, 0.4) is 0 Å². The lowest BCUT2D eigenvalue weighted by Gasteiger charge is -2.34. The minimum Gasteiger partial charge on any atom is -0.329 e. The zero-order chi connectivity index (χ0) is 17.5. The van der Waals surface area contributed by atoms with Gasteiger partial charge in [0, 0.05) is 37.8 Å². The van der Waals surface area contributed by atoms with Gasteiger partial charge in [-0.05, 0) is 49.9 Å². The van der Waals surface area contributed by atoms with E-state index in [0.29, 0.717) is 24.4 Å². The monoisotopic (exact) mass is 387 g/mol. The number of sulfonamides is 1. The average Bonchev–Trinajstić information content (AvgIpc) is 2.89. The molecular weight excluding hydrogens is 362 g/mol. The maximum atomic E-state index is 13.0. The fourth-order valence-corrected chi connectivity index (χ4v) is 5.66. The largest absolute Gasteiger partial charge is 0.329 e. The number of benzene rings is 1. The highest BCUT2D eigenvalue weighted by atomic mass is 35.5. The van der Waals surface area contributed by atoms with E-state index in [1.54, 1.807) is 27.4 Å². The van der Waals surface area contributed by atoms with Gasteiger partial charge in [0.1, 0.15) is 0 Å². The topological polar surface area (TPSA) is 83.7 Å². The Bertz CT molecular complexity index is 754. The Balaban J connectivity index is 0.00000225. The summed E-state index contributed by atoms with van der Waals surface area (Å²) >= 11 is 0. The number of piperidine rings is 1. The number of hydrogen-bond donors (Lipinski definition) is 1. The first-order valence-corrected chi connectivity index (χ1v) is 9.95. The molecule has 0 saturated carbocycles. The minimum atomic E-state index is -3.55. The Morgan fingerprint density at radius 3 is 2.68 bits per heavy atom. The summed E-state index contributed by atoms with van der Waals surface area (Å²) in [6, 6.07) is 5.04. The molecule has 2 aliphatic rings. The number of anilines is 1. The van der Waals surface area contributed by atoms with Gasteiger partial charge >= 0.3 is 0 Å². The van der Waals surface area contributed by atoms with Gasteiger partial charge in [0.15, 0.2) is 0 Å². The zero-order valence-corrected chi connectivity index (χ0v) is 16.3. The molecule has 140 valence electrons. The lowest BCUT2D eigenvalue weighted by Crippen LogP contribution is -2.47. The summed E-state index contributed by atoms with van der Waals surface area (Å²) in [5.74, 6) is -0.0175. The van der Waals surface area contributed by atoms with Gasteiger partial charge in [0.05, 0.1) is 4.90 Å². The number of halogens is 1. The van der Waals surface area contributed by atoms with E-state index in [1.165, 1.54) is 6.92 Å². The van der Waals surface area contributed by atoms with Crippen LogP contribution < -0.4 is 10.6 Å². The van der Waals surface area contributed by atoms with Crippen molar-refractivity contribution in [2.45, 2.75) is 56.5 Å². The molecule has 0 spiro atoms. The first kappa shape index (κ1) is 20.2. The van der Waals surface area contributed by atoms with E-state index in [2.05, 4.69) is 0 Å². The van der Waals surface area contributed by atoms with Crippen LogP contribution in [0, 0.1) is 0 Å². The summed E-state index contributed by atoms with van der Waals surface area (Å²) in [5.41, 5.74) is 7.52. The van der Waals surface area contributed by atoms with Crippen molar-refractivity contribution in [1.82, 2.24) is 4.31 Å². The third-order valence-corrected chi connectivity index (χ3v) is 7.01. The van der Waals surface area contributed by atoms with Crippen molar-refractivity contribution in [3.05, 3.63) is 23.8 Å². The predicted molar refractivity (Wildman–Crippen MR) is 101 cm³/mol. The van der Waals surface area contributed by atoms with Crippen LogP contribution in [0.25, 0.3) is 0 Å². The van der Waals surface area contributed by atoms with Gasteiger partial charge < -0.3 is 10.6 Å². The smallest absolute Gasteiger partial charge is 0.243 e.